The van der Waals surface area contributed by atoms with Gasteiger partial charge in [0.15, 0.2) is 0 Å². The van der Waals surface area contributed by atoms with E-state index in [2.05, 4.69) is 26.2 Å². The second-order valence-electron chi connectivity index (χ2n) is 5.75. The van der Waals surface area contributed by atoms with Crippen molar-refractivity contribution < 1.29 is 18.7 Å². The zero-order chi connectivity index (χ0) is 20.3. The van der Waals surface area contributed by atoms with Gasteiger partial charge < -0.3 is 14.8 Å². The molecule has 1 N–H and O–H groups in total. The van der Waals surface area contributed by atoms with E-state index in [1.165, 1.54) is 24.4 Å². The van der Waals surface area contributed by atoms with Crippen LogP contribution in [-0.2, 0) is 4.74 Å². The first-order valence-corrected chi connectivity index (χ1v) is 9.76. The number of aromatic nitrogens is 1. The van der Waals surface area contributed by atoms with E-state index in [-0.39, 0.29) is 17.2 Å². The number of anilines is 2. The van der Waals surface area contributed by atoms with Gasteiger partial charge in [-0.05, 0) is 60.1 Å². The molecule has 0 unspecified atom stereocenters. The molecule has 0 atom stereocenters. The first-order valence-electron chi connectivity index (χ1n) is 8.58. The van der Waals surface area contributed by atoms with E-state index < -0.39 is 11.8 Å². The molecule has 3 rings (SSSR count). The number of rotatable bonds is 6. The van der Waals surface area contributed by atoms with Gasteiger partial charge in [-0.1, -0.05) is 11.6 Å². The normalized spacial score (nSPS) is 10.8. The van der Waals surface area contributed by atoms with Crippen LogP contribution in [0.3, 0.4) is 0 Å². The molecular weight excluding hydrogens is 451 g/mol. The third kappa shape index (κ3) is 4.20. The van der Waals surface area contributed by atoms with Gasteiger partial charge in [-0.15, -0.1) is 0 Å². The van der Waals surface area contributed by atoms with Gasteiger partial charge in [0.2, 0.25) is 0 Å². The second-order valence-corrected chi connectivity index (χ2v) is 7.02. The van der Waals surface area contributed by atoms with Gasteiger partial charge in [0.05, 0.1) is 33.9 Å². The second kappa shape index (κ2) is 8.75. The number of hydrogen-bond acceptors (Lipinski definition) is 5. The highest BCUT2D eigenvalue weighted by Crippen LogP contribution is 2.36. The Morgan fingerprint density at radius 1 is 1.25 bits per heavy atom. The molecule has 28 heavy (non-hydrogen) atoms. The van der Waals surface area contributed by atoms with Crippen molar-refractivity contribution in [1.82, 2.24) is 4.98 Å². The van der Waals surface area contributed by atoms with Crippen molar-refractivity contribution in [3.05, 3.63) is 57.4 Å². The zero-order valence-electron chi connectivity index (χ0n) is 15.2. The average Bonchev–Trinajstić information content (AvgIpc) is 2.66. The van der Waals surface area contributed by atoms with Crippen LogP contribution >= 0.6 is 27.5 Å². The molecule has 0 aliphatic heterocycles. The lowest BCUT2D eigenvalue weighted by molar-refractivity contribution is 0.0527. The van der Waals surface area contributed by atoms with E-state index in [1.54, 1.807) is 19.1 Å². The maximum absolute atomic E-state index is 13.5. The van der Waals surface area contributed by atoms with Crippen molar-refractivity contribution in [1.29, 1.82) is 0 Å². The SMILES string of the molecule is CCOC(=O)c1cnc2cc(Br)c(OCC)cc2c1Nc1ccc(F)c(Cl)c1. The molecule has 2 aromatic carbocycles. The summed E-state index contributed by atoms with van der Waals surface area (Å²) in [6, 6.07) is 7.82. The summed E-state index contributed by atoms with van der Waals surface area (Å²) in [6.07, 6.45) is 1.45. The highest BCUT2D eigenvalue weighted by atomic mass is 79.9. The van der Waals surface area contributed by atoms with Gasteiger partial charge in [0.25, 0.3) is 0 Å². The van der Waals surface area contributed by atoms with E-state index in [4.69, 9.17) is 21.1 Å². The minimum absolute atomic E-state index is 0.0289. The quantitative estimate of drug-likeness (QED) is 0.443. The minimum Gasteiger partial charge on any atom is -0.493 e. The van der Waals surface area contributed by atoms with E-state index in [0.29, 0.717) is 34.6 Å². The fraction of sp³-hybridized carbons (Fsp3) is 0.200. The Hall–Kier alpha value is -2.38. The van der Waals surface area contributed by atoms with Crippen molar-refractivity contribution in [2.24, 2.45) is 0 Å². The Bertz CT molecular complexity index is 1050. The fourth-order valence-corrected chi connectivity index (χ4v) is 3.30. The van der Waals surface area contributed by atoms with Crippen LogP contribution < -0.4 is 10.1 Å². The van der Waals surface area contributed by atoms with Crippen LogP contribution in [-0.4, -0.2) is 24.2 Å². The Kier molecular flexibility index (Phi) is 6.36. The number of pyridine rings is 1. The first kappa shape index (κ1) is 20.4. The lowest BCUT2D eigenvalue weighted by atomic mass is 10.1. The average molecular weight is 468 g/mol. The van der Waals surface area contributed by atoms with Crippen LogP contribution in [0.15, 0.2) is 41.0 Å². The number of halogens is 3. The molecule has 1 heterocycles. The molecule has 146 valence electrons. The molecule has 0 saturated heterocycles. The summed E-state index contributed by atoms with van der Waals surface area (Å²) in [5.41, 5.74) is 1.88. The summed E-state index contributed by atoms with van der Waals surface area (Å²) in [6.45, 7) is 4.31. The van der Waals surface area contributed by atoms with Crippen LogP contribution in [0.1, 0.15) is 24.2 Å². The topological polar surface area (TPSA) is 60.5 Å². The van der Waals surface area contributed by atoms with Crippen molar-refractivity contribution >= 4 is 55.8 Å². The first-order chi connectivity index (χ1) is 13.4. The number of carbonyl (C=O) groups is 1. The molecule has 0 amide bonds. The van der Waals surface area contributed by atoms with Gasteiger partial charge >= 0.3 is 5.97 Å². The third-order valence-corrected chi connectivity index (χ3v) is 4.82. The number of carbonyl (C=O) groups excluding carboxylic acids is 1. The van der Waals surface area contributed by atoms with Crippen molar-refractivity contribution in [3.8, 4) is 5.75 Å². The molecule has 0 aliphatic rings. The molecule has 0 bridgehead atoms. The highest BCUT2D eigenvalue weighted by molar-refractivity contribution is 9.10. The number of fused-ring (bicyclic) bond motifs is 1. The largest absolute Gasteiger partial charge is 0.493 e. The van der Waals surface area contributed by atoms with Gasteiger partial charge in [0, 0.05) is 17.3 Å². The molecule has 5 nitrogen and oxygen atoms in total. The van der Waals surface area contributed by atoms with Crippen molar-refractivity contribution in [2.45, 2.75) is 13.8 Å². The maximum Gasteiger partial charge on any atom is 0.341 e. The molecule has 0 spiro atoms. The van der Waals surface area contributed by atoms with Gasteiger partial charge in [0.1, 0.15) is 17.1 Å². The van der Waals surface area contributed by atoms with Gasteiger partial charge in [-0.25, -0.2) is 9.18 Å². The summed E-state index contributed by atoms with van der Waals surface area (Å²) < 4.78 is 25.1. The summed E-state index contributed by atoms with van der Waals surface area (Å²) >= 11 is 9.36. The smallest absolute Gasteiger partial charge is 0.341 e. The molecular formula is C20H17BrClFN2O3. The molecule has 0 aliphatic carbocycles. The number of esters is 1. The highest BCUT2D eigenvalue weighted by Gasteiger charge is 2.19. The minimum atomic E-state index is -0.528. The zero-order valence-corrected chi connectivity index (χ0v) is 17.5. The lowest BCUT2D eigenvalue weighted by Gasteiger charge is -2.16. The Balaban J connectivity index is 2.20. The summed E-state index contributed by atoms with van der Waals surface area (Å²) in [7, 11) is 0. The fourth-order valence-electron chi connectivity index (χ4n) is 2.68. The van der Waals surface area contributed by atoms with Crippen molar-refractivity contribution in [2.75, 3.05) is 18.5 Å². The Labute approximate surface area is 174 Å². The predicted octanol–water partition coefficient (Wildman–Crippen LogP) is 6.11. The number of ether oxygens (including phenoxy) is 2. The molecule has 3 aromatic rings. The molecule has 1 aromatic heterocycles. The summed E-state index contributed by atoms with van der Waals surface area (Å²) in [5.74, 6) is -0.438. The summed E-state index contributed by atoms with van der Waals surface area (Å²) in [5, 5.41) is 3.77. The van der Waals surface area contributed by atoms with Crippen LogP contribution in [0.25, 0.3) is 10.9 Å². The molecule has 8 heteroatoms. The van der Waals surface area contributed by atoms with Gasteiger partial charge in [-0.2, -0.15) is 0 Å². The van der Waals surface area contributed by atoms with Crippen LogP contribution in [0, 0.1) is 5.82 Å². The molecule has 0 saturated carbocycles. The summed E-state index contributed by atoms with van der Waals surface area (Å²) in [4.78, 5) is 16.8. The monoisotopic (exact) mass is 466 g/mol. The Morgan fingerprint density at radius 2 is 2.04 bits per heavy atom. The van der Waals surface area contributed by atoms with Crippen LogP contribution in [0.4, 0.5) is 15.8 Å². The van der Waals surface area contributed by atoms with Crippen LogP contribution in [0.5, 0.6) is 5.75 Å². The maximum atomic E-state index is 13.5. The third-order valence-electron chi connectivity index (χ3n) is 3.91. The number of benzene rings is 2. The van der Waals surface area contributed by atoms with E-state index >= 15 is 0 Å². The number of nitrogens with zero attached hydrogens (tertiary/aromatic N) is 1. The van der Waals surface area contributed by atoms with Crippen molar-refractivity contribution in [3.63, 3.8) is 0 Å². The molecule has 0 fully saturated rings. The Morgan fingerprint density at radius 3 is 2.71 bits per heavy atom. The van der Waals surface area contributed by atoms with Gasteiger partial charge in [-0.3, -0.25) is 4.98 Å². The number of nitrogens with one attached hydrogen (secondary N) is 1. The van der Waals surface area contributed by atoms with E-state index in [9.17, 15) is 9.18 Å². The predicted molar refractivity (Wildman–Crippen MR) is 111 cm³/mol. The standard InChI is InChI=1S/C20H17BrClFN2O3/c1-3-27-18-8-12-17(9-14(18)21)24-10-13(20(26)28-4-2)19(12)25-11-5-6-16(23)15(22)7-11/h5-10H,3-4H2,1-2H3,(H,24,25). The molecule has 0 radical (unpaired) electrons. The van der Waals surface area contributed by atoms with E-state index in [1.807, 2.05) is 6.92 Å². The number of hydrogen-bond donors (Lipinski definition) is 1. The van der Waals surface area contributed by atoms with Crippen LogP contribution in [0.2, 0.25) is 5.02 Å². The lowest BCUT2D eigenvalue weighted by Crippen LogP contribution is -2.09. The van der Waals surface area contributed by atoms with E-state index in [0.717, 1.165) is 4.47 Å².